The Morgan fingerprint density at radius 3 is 0.915 bits per heavy atom. The molecule has 47 heavy (non-hydrogen) atoms. The Morgan fingerprint density at radius 1 is 0.383 bits per heavy atom. The number of rotatable bonds is 36. The number of thiocarbonyl (C=S) groups is 2. The third kappa shape index (κ3) is 40.8. The van der Waals surface area contributed by atoms with Crippen molar-refractivity contribution in [3.05, 3.63) is 0 Å². The second kappa shape index (κ2) is 40.9. The van der Waals surface area contributed by atoms with Gasteiger partial charge in [0.15, 0.2) is 10.2 Å². The van der Waals surface area contributed by atoms with E-state index < -0.39 is 0 Å². The van der Waals surface area contributed by atoms with Crippen molar-refractivity contribution in [3.8, 4) is 0 Å². The van der Waals surface area contributed by atoms with Gasteiger partial charge in [0.2, 0.25) is 0 Å². The SMILES string of the molecule is CCCCCCCCCCCCCCCCNC(=S)N/N=C\CCC/C=N\NC(=S)NCCCCCCCCCCCCCCCC. The van der Waals surface area contributed by atoms with Crippen LogP contribution in [0.25, 0.3) is 0 Å². The van der Waals surface area contributed by atoms with Gasteiger partial charge in [0.25, 0.3) is 0 Å². The van der Waals surface area contributed by atoms with Gasteiger partial charge in [-0.1, -0.05) is 181 Å². The number of unbranched alkanes of at least 4 members (excludes halogenated alkanes) is 28. The molecule has 8 heteroatoms. The predicted molar refractivity (Wildman–Crippen MR) is 219 cm³/mol. The highest BCUT2D eigenvalue weighted by Gasteiger charge is 1.97. The Bertz CT molecular complexity index is 658. The normalized spacial score (nSPS) is 11.4. The summed E-state index contributed by atoms with van der Waals surface area (Å²) < 4.78 is 0. The lowest BCUT2D eigenvalue weighted by Crippen LogP contribution is -2.32. The van der Waals surface area contributed by atoms with Crippen LogP contribution in [0, 0.1) is 0 Å². The van der Waals surface area contributed by atoms with Gasteiger partial charge in [0, 0.05) is 25.5 Å². The summed E-state index contributed by atoms with van der Waals surface area (Å²) >= 11 is 10.6. The fourth-order valence-corrected chi connectivity index (χ4v) is 6.07. The Kier molecular flexibility index (Phi) is 39.8. The van der Waals surface area contributed by atoms with E-state index in [1.165, 1.54) is 167 Å². The lowest BCUT2D eigenvalue weighted by Gasteiger charge is -2.07. The summed E-state index contributed by atoms with van der Waals surface area (Å²) in [5, 5.41) is 16.2. The summed E-state index contributed by atoms with van der Waals surface area (Å²) in [4.78, 5) is 0. The summed E-state index contributed by atoms with van der Waals surface area (Å²) in [5.41, 5.74) is 5.84. The summed E-state index contributed by atoms with van der Waals surface area (Å²) in [5.74, 6) is 0. The molecule has 0 unspecified atom stereocenters. The van der Waals surface area contributed by atoms with Crippen LogP contribution in [0.4, 0.5) is 0 Å². The van der Waals surface area contributed by atoms with Crippen LogP contribution in [0.5, 0.6) is 0 Å². The molecule has 0 amide bonds. The van der Waals surface area contributed by atoms with Crippen molar-refractivity contribution in [2.75, 3.05) is 13.1 Å². The van der Waals surface area contributed by atoms with E-state index in [1.54, 1.807) is 0 Å². The Labute approximate surface area is 303 Å². The number of hydrazone groups is 2. The maximum absolute atomic E-state index is 5.32. The zero-order chi connectivity index (χ0) is 34.1. The zero-order valence-electron chi connectivity index (χ0n) is 31.2. The largest absolute Gasteiger partial charge is 0.361 e. The van der Waals surface area contributed by atoms with Gasteiger partial charge in [-0.25, -0.2) is 0 Å². The lowest BCUT2D eigenvalue weighted by atomic mass is 10.0. The third-order valence-corrected chi connectivity index (χ3v) is 9.28. The van der Waals surface area contributed by atoms with E-state index in [2.05, 4.69) is 45.5 Å². The van der Waals surface area contributed by atoms with Crippen molar-refractivity contribution in [3.63, 3.8) is 0 Å². The standard InChI is InChI=1S/C39H78N6S2/c1-3-5-7-9-11-13-15-17-19-21-23-25-27-30-34-40-38(46)44-42-36-32-29-33-37-43-45-39(47)41-35-31-28-26-24-22-20-18-16-14-12-10-8-6-4-2/h36-37H,3-35H2,1-2H3,(H2,40,44,46)(H2,41,45,47)/b42-36-,43-37-. The topological polar surface area (TPSA) is 72.8 Å². The predicted octanol–water partition coefficient (Wildman–Crippen LogP) is 12.0. The van der Waals surface area contributed by atoms with Crippen molar-refractivity contribution in [2.45, 2.75) is 213 Å². The maximum Gasteiger partial charge on any atom is 0.186 e. The smallest absolute Gasteiger partial charge is 0.186 e. The minimum atomic E-state index is 0.608. The van der Waals surface area contributed by atoms with Crippen LogP contribution in [-0.2, 0) is 0 Å². The Balaban J connectivity index is 3.36. The molecule has 0 spiro atoms. The van der Waals surface area contributed by atoms with E-state index >= 15 is 0 Å². The second-order valence-corrected chi connectivity index (χ2v) is 14.3. The van der Waals surface area contributed by atoms with Crippen LogP contribution < -0.4 is 21.5 Å². The molecular formula is C39H78N6S2. The van der Waals surface area contributed by atoms with Gasteiger partial charge >= 0.3 is 0 Å². The average Bonchev–Trinajstić information content (AvgIpc) is 3.07. The first kappa shape index (κ1) is 45.7. The summed E-state index contributed by atoms with van der Waals surface area (Å²) in [7, 11) is 0. The monoisotopic (exact) mass is 695 g/mol. The minimum absolute atomic E-state index is 0.608. The molecule has 0 aliphatic rings. The molecule has 0 atom stereocenters. The van der Waals surface area contributed by atoms with Gasteiger partial charge < -0.3 is 10.6 Å². The molecule has 0 radical (unpaired) electrons. The van der Waals surface area contributed by atoms with Gasteiger partial charge in [0.05, 0.1) is 0 Å². The highest BCUT2D eigenvalue weighted by Crippen LogP contribution is 2.14. The van der Waals surface area contributed by atoms with Gasteiger partial charge in [-0.05, 0) is 56.5 Å². The minimum Gasteiger partial charge on any atom is -0.361 e. The zero-order valence-corrected chi connectivity index (χ0v) is 32.8. The number of nitrogens with one attached hydrogen (secondary N) is 4. The molecule has 6 nitrogen and oxygen atoms in total. The molecule has 0 saturated heterocycles. The van der Waals surface area contributed by atoms with Gasteiger partial charge in [-0.15, -0.1) is 0 Å². The fourth-order valence-electron chi connectivity index (χ4n) is 5.76. The molecule has 0 aromatic rings. The second-order valence-electron chi connectivity index (χ2n) is 13.5. The molecular weight excluding hydrogens is 617 g/mol. The molecule has 0 bridgehead atoms. The first-order valence-electron chi connectivity index (χ1n) is 20.3. The Hall–Kier alpha value is -1.28. The third-order valence-electron chi connectivity index (χ3n) is 8.81. The molecule has 0 aromatic carbocycles. The van der Waals surface area contributed by atoms with Crippen LogP contribution in [0.3, 0.4) is 0 Å². The van der Waals surface area contributed by atoms with Crippen molar-refractivity contribution in [1.82, 2.24) is 21.5 Å². The van der Waals surface area contributed by atoms with E-state index in [0.29, 0.717) is 10.2 Å². The molecule has 0 aliphatic carbocycles. The van der Waals surface area contributed by atoms with E-state index in [-0.39, 0.29) is 0 Å². The Morgan fingerprint density at radius 2 is 0.638 bits per heavy atom. The highest BCUT2D eigenvalue weighted by molar-refractivity contribution is 7.80. The molecule has 0 saturated carbocycles. The highest BCUT2D eigenvalue weighted by atomic mass is 32.1. The maximum atomic E-state index is 5.32. The van der Waals surface area contributed by atoms with E-state index in [0.717, 1.165) is 45.2 Å². The molecule has 0 fully saturated rings. The summed E-state index contributed by atoms with van der Waals surface area (Å²) in [6.07, 6.45) is 45.1. The molecule has 276 valence electrons. The number of hydrogen-bond acceptors (Lipinski definition) is 4. The fraction of sp³-hybridized carbons (Fsp3) is 0.897. The van der Waals surface area contributed by atoms with Crippen LogP contribution in [-0.4, -0.2) is 35.7 Å². The number of hydrogen-bond donors (Lipinski definition) is 4. The molecule has 4 N–H and O–H groups in total. The summed E-state index contributed by atoms with van der Waals surface area (Å²) in [6.45, 7) is 6.41. The summed E-state index contributed by atoms with van der Waals surface area (Å²) in [6, 6.07) is 0. The van der Waals surface area contributed by atoms with Gasteiger partial charge in [-0.3, -0.25) is 10.9 Å². The van der Waals surface area contributed by atoms with Gasteiger partial charge in [0.1, 0.15) is 0 Å². The molecule has 0 heterocycles. The first-order chi connectivity index (χ1) is 23.2. The van der Waals surface area contributed by atoms with Crippen LogP contribution >= 0.6 is 24.4 Å². The first-order valence-corrected chi connectivity index (χ1v) is 21.1. The van der Waals surface area contributed by atoms with Crippen molar-refractivity contribution < 1.29 is 0 Å². The van der Waals surface area contributed by atoms with Crippen LogP contribution in [0.1, 0.15) is 213 Å². The van der Waals surface area contributed by atoms with Crippen molar-refractivity contribution in [1.29, 1.82) is 0 Å². The van der Waals surface area contributed by atoms with Crippen LogP contribution in [0.15, 0.2) is 10.2 Å². The molecule has 0 aliphatic heterocycles. The van der Waals surface area contributed by atoms with E-state index in [1.807, 2.05) is 12.4 Å². The molecule has 0 rings (SSSR count). The van der Waals surface area contributed by atoms with Gasteiger partial charge in [-0.2, -0.15) is 10.2 Å². The number of nitrogens with zero attached hydrogens (tertiary/aromatic N) is 2. The van der Waals surface area contributed by atoms with Crippen molar-refractivity contribution >= 4 is 47.1 Å². The van der Waals surface area contributed by atoms with Crippen molar-refractivity contribution in [2.24, 2.45) is 10.2 Å². The lowest BCUT2D eigenvalue weighted by molar-refractivity contribution is 0.535. The van der Waals surface area contributed by atoms with E-state index in [4.69, 9.17) is 24.4 Å². The van der Waals surface area contributed by atoms with Crippen LogP contribution in [0.2, 0.25) is 0 Å². The average molecular weight is 695 g/mol. The van der Waals surface area contributed by atoms with E-state index in [9.17, 15) is 0 Å². The quantitative estimate of drug-likeness (QED) is 0.0226. The molecule has 0 aromatic heterocycles.